The number of ether oxygens (including phenoxy) is 1. The summed E-state index contributed by atoms with van der Waals surface area (Å²) in [6.45, 7) is 0.771. The van der Waals surface area contributed by atoms with Gasteiger partial charge in [0, 0.05) is 11.1 Å². The van der Waals surface area contributed by atoms with Crippen LogP contribution in [0, 0.1) is 0 Å². The van der Waals surface area contributed by atoms with Gasteiger partial charge in [-0.1, -0.05) is 30.4 Å². The van der Waals surface area contributed by atoms with E-state index < -0.39 is 0 Å². The number of carbonyl (C=O) groups is 1. The predicted molar refractivity (Wildman–Crippen MR) is 87.3 cm³/mol. The van der Waals surface area contributed by atoms with Crippen LogP contribution in [-0.4, -0.2) is 29.3 Å². The number of hydroxylamine groups is 1. The number of rotatable bonds is 6. The van der Waals surface area contributed by atoms with Crippen molar-refractivity contribution in [1.82, 2.24) is 10.8 Å². The van der Waals surface area contributed by atoms with Crippen LogP contribution in [0.2, 0.25) is 0 Å². The van der Waals surface area contributed by atoms with Crippen LogP contribution in [0.15, 0.2) is 54.6 Å². The van der Waals surface area contributed by atoms with Gasteiger partial charge in [0.05, 0.1) is 6.54 Å². The van der Waals surface area contributed by atoms with Crippen molar-refractivity contribution < 1.29 is 14.7 Å². The molecule has 0 saturated carbocycles. The summed E-state index contributed by atoms with van der Waals surface area (Å²) in [4.78, 5) is 12.0. The van der Waals surface area contributed by atoms with Crippen molar-refractivity contribution in [3.8, 4) is 5.75 Å². The molecule has 6 heteroatoms. The smallest absolute Gasteiger partial charge is 0.251 e. The third-order valence-electron chi connectivity index (χ3n) is 2.91. The Balaban J connectivity index is 1.75. The Morgan fingerprint density at radius 2 is 1.73 bits per heavy atom. The van der Waals surface area contributed by atoms with E-state index >= 15 is 0 Å². The maximum Gasteiger partial charge on any atom is 0.251 e. The van der Waals surface area contributed by atoms with E-state index in [2.05, 4.69) is 5.32 Å². The Labute approximate surface area is 133 Å². The Kier molecular flexibility index (Phi) is 5.88. The molecule has 1 amide bonds. The minimum atomic E-state index is -0.126. The number of hydrogen-bond acceptors (Lipinski definition) is 4. The second kappa shape index (κ2) is 8.11. The molecular weight excluding hydrogens is 300 g/mol. The lowest BCUT2D eigenvalue weighted by Crippen LogP contribution is -2.28. The maximum absolute atomic E-state index is 11.8. The highest BCUT2D eigenvalue weighted by molar-refractivity contribution is 7.80. The highest BCUT2D eigenvalue weighted by Crippen LogP contribution is 2.12. The number of amides is 1. The fourth-order valence-electron chi connectivity index (χ4n) is 1.79. The predicted octanol–water partition coefficient (Wildman–Crippen LogP) is 2.15. The first-order valence-electron chi connectivity index (χ1n) is 6.71. The standard InChI is InChI=1S/C16H16N2O3S/c19-15(12-4-2-1-3-5-12)17-10-11-21-14-8-6-13(7-9-14)16(22)18-20/h1-9,20H,10-11H2,(H,17,19)(H,18,22). The highest BCUT2D eigenvalue weighted by atomic mass is 32.1. The van der Waals surface area contributed by atoms with Crippen molar-refractivity contribution in [3.05, 3.63) is 65.7 Å². The van der Waals surface area contributed by atoms with Crippen LogP contribution in [-0.2, 0) is 0 Å². The second-order valence-electron chi connectivity index (χ2n) is 4.44. The molecule has 0 saturated heterocycles. The lowest BCUT2D eigenvalue weighted by Gasteiger charge is -2.08. The van der Waals surface area contributed by atoms with Gasteiger partial charge >= 0.3 is 0 Å². The summed E-state index contributed by atoms with van der Waals surface area (Å²) in [5, 5.41) is 11.5. The number of thiocarbonyl (C=S) groups is 1. The van der Waals surface area contributed by atoms with Crippen molar-refractivity contribution in [2.24, 2.45) is 0 Å². The Morgan fingerprint density at radius 1 is 1.05 bits per heavy atom. The molecule has 0 heterocycles. The lowest BCUT2D eigenvalue weighted by atomic mass is 10.2. The monoisotopic (exact) mass is 316 g/mol. The molecule has 0 fully saturated rings. The minimum absolute atomic E-state index is 0.126. The number of carbonyl (C=O) groups excluding carboxylic acids is 1. The largest absolute Gasteiger partial charge is 0.492 e. The molecular formula is C16H16N2O3S. The quantitative estimate of drug-likeness (QED) is 0.433. The summed E-state index contributed by atoms with van der Waals surface area (Å²) in [7, 11) is 0. The molecule has 114 valence electrons. The Bertz CT molecular complexity index is 630. The SMILES string of the molecule is O=C(NCCOc1ccc(C(=S)NO)cc1)c1ccccc1. The van der Waals surface area contributed by atoms with E-state index in [1.165, 1.54) is 0 Å². The van der Waals surface area contributed by atoms with E-state index in [0.29, 0.717) is 30.0 Å². The topological polar surface area (TPSA) is 70.6 Å². The van der Waals surface area contributed by atoms with Gasteiger partial charge in [-0.2, -0.15) is 0 Å². The Hall–Kier alpha value is -2.44. The molecule has 0 aromatic heterocycles. The molecule has 3 N–H and O–H groups in total. The Morgan fingerprint density at radius 3 is 2.36 bits per heavy atom. The van der Waals surface area contributed by atoms with E-state index in [1.54, 1.807) is 36.4 Å². The molecule has 2 rings (SSSR count). The average molecular weight is 316 g/mol. The summed E-state index contributed by atoms with van der Waals surface area (Å²) >= 11 is 4.90. The molecule has 5 nitrogen and oxygen atoms in total. The van der Waals surface area contributed by atoms with Gasteiger partial charge in [0.1, 0.15) is 17.3 Å². The summed E-state index contributed by atoms with van der Waals surface area (Å²) in [6.07, 6.45) is 0. The van der Waals surface area contributed by atoms with Crippen molar-refractivity contribution in [3.63, 3.8) is 0 Å². The number of nitrogens with one attached hydrogen (secondary N) is 2. The van der Waals surface area contributed by atoms with Gasteiger partial charge in [-0.3, -0.25) is 15.5 Å². The van der Waals surface area contributed by atoms with Crippen molar-refractivity contribution in [2.45, 2.75) is 0 Å². The van der Waals surface area contributed by atoms with E-state index in [0.717, 1.165) is 0 Å². The van der Waals surface area contributed by atoms with Gasteiger partial charge in [0.2, 0.25) is 0 Å². The van der Waals surface area contributed by atoms with Crippen LogP contribution in [0.1, 0.15) is 15.9 Å². The summed E-state index contributed by atoms with van der Waals surface area (Å²) in [5.41, 5.74) is 3.24. The molecule has 0 radical (unpaired) electrons. The zero-order valence-corrected chi connectivity index (χ0v) is 12.6. The fourth-order valence-corrected chi connectivity index (χ4v) is 1.93. The molecule has 0 aliphatic carbocycles. The van der Waals surface area contributed by atoms with Crippen LogP contribution in [0.25, 0.3) is 0 Å². The van der Waals surface area contributed by atoms with Gasteiger partial charge in [-0.15, -0.1) is 0 Å². The first kappa shape index (κ1) is 15.9. The molecule has 0 atom stereocenters. The van der Waals surface area contributed by atoms with Crippen LogP contribution in [0.4, 0.5) is 0 Å². The zero-order chi connectivity index (χ0) is 15.8. The zero-order valence-electron chi connectivity index (χ0n) is 11.8. The highest BCUT2D eigenvalue weighted by Gasteiger charge is 2.03. The van der Waals surface area contributed by atoms with E-state index in [4.69, 9.17) is 22.2 Å². The van der Waals surface area contributed by atoms with Crippen molar-refractivity contribution >= 4 is 23.1 Å². The van der Waals surface area contributed by atoms with E-state index in [9.17, 15) is 4.79 Å². The van der Waals surface area contributed by atoms with Gasteiger partial charge in [-0.25, -0.2) is 0 Å². The summed E-state index contributed by atoms with van der Waals surface area (Å²) in [5.74, 6) is 0.539. The minimum Gasteiger partial charge on any atom is -0.492 e. The number of benzene rings is 2. The third kappa shape index (κ3) is 4.54. The molecule has 0 aliphatic heterocycles. The van der Waals surface area contributed by atoms with E-state index in [1.807, 2.05) is 23.7 Å². The molecule has 0 unspecified atom stereocenters. The van der Waals surface area contributed by atoms with Gasteiger partial charge < -0.3 is 10.1 Å². The van der Waals surface area contributed by atoms with Crippen molar-refractivity contribution in [2.75, 3.05) is 13.2 Å². The first-order chi connectivity index (χ1) is 10.7. The van der Waals surface area contributed by atoms with Gasteiger partial charge in [-0.05, 0) is 36.4 Å². The number of hydrogen-bond donors (Lipinski definition) is 3. The molecule has 22 heavy (non-hydrogen) atoms. The van der Waals surface area contributed by atoms with Crippen LogP contribution >= 0.6 is 12.2 Å². The summed E-state index contributed by atoms with van der Waals surface area (Å²) in [6, 6.07) is 16.0. The van der Waals surface area contributed by atoms with Gasteiger partial charge in [0.25, 0.3) is 5.91 Å². The molecule has 0 bridgehead atoms. The van der Waals surface area contributed by atoms with Crippen LogP contribution in [0.3, 0.4) is 0 Å². The van der Waals surface area contributed by atoms with E-state index in [-0.39, 0.29) is 10.9 Å². The fraction of sp³-hybridized carbons (Fsp3) is 0.125. The normalized spacial score (nSPS) is 9.86. The first-order valence-corrected chi connectivity index (χ1v) is 7.12. The molecule has 0 spiro atoms. The average Bonchev–Trinajstić information content (AvgIpc) is 2.59. The lowest BCUT2D eigenvalue weighted by molar-refractivity contribution is 0.0947. The van der Waals surface area contributed by atoms with Crippen LogP contribution < -0.4 is 15.5 Å². The van der Waals surface area contributed by atoms with Crippen molar-refractivity contribution in [1.29, 1.82) is 0 Å². The molecule has 2 aromatic rings. The molecule has 0 aliphatic rings. The maximum atomic E-state index is 11.8. The van der Waals surface area contributed by atoms with Gasteiger partial charge in [0.15, 0.2) is 0 Å². The third-order valence-corrected chi connectivity index (χ3v) is 3.24. The molecule has 2 aromatic carbocycles. The summed E-state index contributed by atoms with van der Waals surface area (Å²) < 4.78 is 5.52. The second-order valence-corrected chi connectivity index (χ2v) is 4.84. The van der Waals surface area contributed by atoms with Crippen LogP contribution in [0.5, 0.6) is 5.75 Å².